The fourth-order valence-electron chi connectivity index (χ4n) is 12.7. The van der Waals surface area contributed by atoms with Crippen LogP contribution < -0.4 is 29.9 Å². The zero-order valence-electron chi connectivity index (χ0n) is 51.7. The van der Waals surface area contributed by atoms with Gasteiger partial charge < -0.3 is 43.9 Å². The molecule has 0 spiro atoms. The number of benzene rings is 4. The first-order valence-electron chi connectivity index (χ1n) is 31.1. The van der Waals surface area contributed by atoms with Gasteiger partial charge in [0.2, 0.25) is 11.8 Å². The molecule has 4 aliphatic heterocycles. The number of carbonyl (C=O) groups excluding carboxylic acids is 5. The first-order chi connectivity index (χ1) is 44.3. The maximum Gasteiger partial charge on any atom is 0.293 e. The topological polar surface area (TPSA) is 281 Å². The second-order valence-electron chi connectivity index (χ2n) is 24.5. The van der Waals surface area contributed by atoms with Crippen molar-refractivity contribution in [2.45, 2.75) is 75.8 Å². The van der Waals surface area contributed by atoms with Crippen LogP contribution in [0.4, 0.5) is 22.7 Å². The maximum absolute atomic E-state index is 14.2. The van der Waals surface area contributed by atoms with Gasteiger partial charge in [0, 0.05) is 119 Å². The number of anilines is 3. The highest BCUT2D eigenvalue weighted by Crippen LogP contribution is 2.44. The molecule has 2 aromatic heterocycles. The summed E-state index contributed by atoms with van der Waals surface area (Å²) in [5.74, 6) is -2.82. The van der Waals surface area contributed by atoms with Crippen LogP contribution in [0.1, 0.15) is 95.4 Å². The van der Waals surface area contributed by atoms with E-state index in [0.29, 0.717) is 114 Å². The summed E-state index contributed by atoms with van der Waals surface area (Å²) in [5.41, 5.74) is 6.27. The monoisotopic (exact) mass is 1300 g/mol. The highest BCUT2D eigenvalue weighted by molar-refractivity contribution is 7.90. The summed E-state index contributed by atoms with van der Waals surface area (Å²) in [5, 5.41) is 19.5. The van der Waals surface area contributed by atoms with Gasteiger partial charge in [0.15, 0.2) is 0 Å². The van der Waals surface area contributed by atoms with Gasteiger partial charge in [-0.05, 0) is 116 Å². The number of halogens is 1. The standard InChI is InChI=1S/C66H76ClN11O13S/c1-66(2)21-17-45(53(40-66)43-7-9-46(67)10-8-43)42-75-26-28-76(29-27-75)48-11-13-51(58(38-48)91-49-37-44-18-22-69-61(44)70-41-49)62(80)72-92(86,87)50-12-14-55(57(39-50)78(84)85)73(3)47-19-24-74(25-20-47)30-32-89-34-36-90-35-33-88-31-23-68-54-6-4-5-52-60(54)65(83)77(64(52)82)56-15-16-59(79)71-63(56)81/h4-14,18,22,37-39,41,47,56,68H,15-17,19-21,23-36,40,42H2,1-3H3,(H,69,70)(H,72,80)(H,71,79,81). The zero-order valence-corrected chi connectivity index (χ0v) is 53.3. The van der Waals surface area contributed by atoms with Gasteiger partial charge in [-0.3, -0.25) is 49.2 Å². The summed E-state index contributed by atoms with van der Waals surface area (Å²) in [6.45, 7) is 13.1. The summed E-state index contributed by atoms with van der Waals surface area (Å²) in [6.07, 6.45) is 7.90. The van der Waals surface area contributed by atoms with Crippen LogP contribution in [0.25, 0.3) is 16.6 Å². The lowest BCUT2D eigenvalue weighted by Gasteiger charge is -2.39. The largest absolute Gasteiger partial charge is 0.455 e. The number of amides is 5. The average molecular weight is 1300 g/mol. The van der Waals surface area contributed by atoms with Gasteiger partial charge in [0.1, 0.15) is 28.9 Å². The van der Waals surface area contributed by atoms with Crippen LogP contribution in [0, 0.1) is 15.5 Å². The number of imide groups is 2. The molecular formula is C66H76ClN11O13S. The Hall–Kier alpha value is -8.30. The van der Waals surface area contributed by atoms with Crippen LogP contribution in [0.5, 0.6) is 11.5 Å². The van der Waals surface area contributed by atoms with Crippen molar-refractivity contribution in [2.24, 2.45) is 5.41 Å². The Morgan fingerprint density at radius 3 is 2.32 bits per heavy atom. The van der Waals surface area contributed by atoms with Crippen molar-refractivity contribution in [2.75, 3.05) is 121 Å². The highest BCUT2D eigenvalue weighted by Gasteiger charge is 2.46. The lowest BCUT2D eigenvalue weighted by molar-refractivity contribution is -0.384. The van der Waals surface area contributed by atoms with Crippen LogP contribution >= 0.6 is 11.6 Å². The van der Waals surface area contributed by atoms with Crippen molar-refractivity contribution >= 4 is 90.5 Å². The number of carbonyl (C=O) groups is 5. The molecular weight excluding hydrogens is 1220 g/mol. The number of nitro benzene ring substituents is 1. The molecule has 5 amide bonds. The van der Waals surface area contributed by atoms with E-state index in [2.05, 4.69) is 66.0 Å². The summed E-state index contributed by atoms with van der Waals surface area (Å²) < 4.78 is 53.9. The number of sulfonamides is 1. The summed E-state index contributed by atoms with van der Waals surface area (Å²) >= 11 is 6.28. The quantitative estimate of drug-likeness (QED) is 0.0172. The van der Waals surface area contributed by atoms with Crippen LogP contribution in [0.2, 0.25) is 5.02 Å². The summed E-state index contributed by atoms with van der Waals surface area (Å²) in [6, 6.07) is 24.2. The Bertz CT molecular complexity index is 3900. The molecule has 3 saturated heterocycles. The van der Waals surface area contributed by atoms with Crippen molar-refractivity contribution in [3.63, 3.8) is 0 Å². The number of piperazine rings is 1. The van der Waals surface area contributed by atoms with E-state index in [1.54, 1.807) is 43.6 Å². The van der Waals surface area contributed by atoms with Crippen molar-refractivity contribution in [3.05, 3.63) is 146 Å². The molecule has 1 unspecified atom stereocenters. The third-order valence-corrected chi connectivity index (χ3v) is 19.4. The number of H-pyrrole nitrogens is 1. The Morgan fingerprint density at radius 2 is 1.58 bits per heavy atom. The molecule has 5 aliphatic rings. The number of hydrogen-bond donors (Lipinski definition) is 4. The lowest BCUT2D eigenvalue weighted by atomic mass is 9.72. The molecule has 4 N–H and O–H groups in total. The van der Waals surface area contributed by atoms with Crippen LogP contribution in [-0.4, -0.2) is 185 Å². The Labute approximate surface area is 538 Å². The normalized spacial score (nSPS) is 18.3. The number of aromatic amines is 1. The number of rotatable bonds is 26. The fraction of sp³-hybridized carbons (Fsp3) is 0.424. The molecule has 0 bridgehead atoms. The maximum atomic E-state index is 14.2. The minimum atomic E-state index is -4.65. The Balaban J connectivity index is 0.627. The molecule has 6 heterocycles. The smallest absolute Gasteiger partial charge is 0.293 e. The van der Waals surface area contributed by atoms with Crippen molar-refractivity contribution in [1.29, 1.82) is 0 Å². The number of fused-ring (bicyclic) bond motifs is 2. The molecule has 11 rings (SSSR count). The number of nitrogens with one attached hydrogen (secondary N) is 4. The molecule has 26 heteroatoms. The molecule has 92 heavy (non-hydrogen) atoms. The molecule has 1 aliphatic carbocycles. The Morgan fingerprint density at radius 1 is 0.837 bits per heavy atom. The number of hydrogen-bond acceptors (Lipinski definition) is 19. The second-order valence-corrected chi connectivity index (χ2v) is 26.6. The molecule has 3 fully saturated rings. The molecule has 486 valence electrons. The first kappa shape index (κ1) is 65.2. The van der Waals surface area contributed by atoms with E-state index in [4.69, 9.17) is 30.5 Å². The average Bonchev–Trinajstić information content (AvgIpc) is 1.57. The van der Waals surface area contributed by atoms with Crippen LogP contribution in [-0.2, 0) is 33.8 Å². The SMILES string of the molecule is CN(c1ccc(S(=O)(=O)NC(=O)c2ccc(N3CCN(CC4=C(c5ccc(Cl)cc5)CC(C)(C)CC4)CC3)cc2Oc2cnc3[nH]ccc3c2)cc1[N+](=O)[O-])C1CCN(CCOCCOCCOCCNc2cccc3c2C(=O)N(C2CCC(=O)NC2=O)C3=O)CC1. The van der Waals surface area contributed by atoms with Gasteiger partial charge in [-0.25, -0.2) is 18.1 Å². The first-order valence-corrected chi connectivity index (χ1v) is 33.0. The van der Waals surface area contributed by atoms with Crippen LogP contribution in [0.3, 0.4) is 0 Å². The fourth-order valence-corrected chi connectivity index (χ4v) is 13.8. The number of pyridine rings is 1. The molecule has 6 aromatic rings. The van der Waals surface area contributed by atoms with E-state index in [9.17, 15) is 42.5 Å². The molecule has 1 atom stereocenters. The summed E-state index contributed by atoms with van der Waals surface area (Å²) in [7, 11) is -2.89. The third-order valence-electron chi connectivity index (χ3n) is 17.8. The summed E-state index contributed by atoms with van der Waals surface area (Å²) in [4.78, 5) is 93.6. The minimum Gasteiger partial charge on any atom is -0.455 e. The Kier molecular flexibility index (Phi) is 20.3. The molecule has 0 radical (unpaired) electrons. The number of piperidine rings is 2. The van der Waals surface area contributed by atoms with Gasteiger partial charge in [-0.1, -0.05) is 49.2 Å². The number of aromatic nitrogens is 2. The number of likely N-dealkylation sites (tertiary alicyclic amines) is 1. The van der Waals surface area contributed by atoms with E-state index in [1.165, 1.54) is 47.2 Å². The highest BCUT2D eigenvalue weighted by atomic mass is 35.5. The van der Waals surface area contributed by atoms with E-state index < -0.39 is 61.1 Å². The lowest BCUT2D eigenvalue weighted by Crippen LogP contribution is -2.54. The van der Waals surface area contributed by atoms with Crippen molar-refractivity contribution < 1.29 is 56.3 Å². The number of nitro groups is 1. The van der Waals surface area contributed by atoms with Gasteiger partial charge >= 0.3 is 0 Å². The van der Waals surface area contributed by atoms with E-state index >= 15 is 0 Å². The van der Waals surface area contributed by atoms with Crippen molar-refractivity contribution in [3.8, 4) is 11.5 Å². The minimum absolute atomic E-state index is 0.0373. The van der Waals surface area contributed by atoms with Gasteiger partial charge in [-0.2, -0.15) is 0 Å². The number of nitrogens with zero attached hydrogens (tertiary/aromatic N) is 7. The second kappa shape index (κ2) is 28.7. The molecule has 24 nitrogen and oxygen atoms in total. The zero-order chi connectivity index (χ0) is 64.7. The third kappa shape index (κ3) is 15.3. The molecule has 0 saturated carbocycles. The number of allylic oxidation sites excluding steroid dienone is 1. The van der Waals surface area contributed by atoms with E-state index in [-0.39, 0.29) is 52.4 Å². The van der Waals surface area contributed by atoms with Gasteiger partial charge in [0.25, 0.3) is 33.4 Å². The van der Waals surface area contributed by atoms with Gasteiger partial charge in [0.05, 0.1) is 72.3 Å². The molecule has 4 aromatic carbocycles. The van der Waals surface area contributed by atoms with E-state index in [1.807, 2.05) is 23.1 Å². The predicted molar refractivity (Wildman–Crippen MR) is 347 cm³/mol. The predicted octanol–water partition coefficient (Wildman–Crippen LogP) is 8.29. The number of ether oxygens (including phenoxy) is 4. The van der Waals surface area contributed by atoms with Gasteiger partial charge in [-0.15, -0.1) is 0 Å². The van der Waals surface area contributed by atoms with Crippen molar-refractivity contribution in [1.82, 2.24) is 34.7 Å². The van der Waals surface area contributed by atoms with E-state index in [0.717, 1.165) is 60.9 Å². The van der Waals surface area contributed by atoms with Crippen LogP contribution in [0.15, 0.2) is 114 Å².